The van der Waals surface area contributed by atoms with Crippen molar-refractivity contribution >= 4 is 23.3 Å². The fourth-order valence-electron chi connectivity index (χ4n) is 3.16. The van der Waals surface area contributed by atoms with Crippen LogP contribution in [0.15, 0.2) is 36.7 Å². The quantitative estimate of drug-likeness (QED) is 0.853. The zero-order valence-corrected chi connectivity index (χ0v) is 14.8. The van der Waals surface area contributed by atoms with Crippen LogP contribution in [-0.2, 0) is 16.1 Å². The van der Waals surface area contributed by atoms with Gasteiger partial charge in [0.05, 0.1) is 24.9 Å². The van der Waals surface area contributed by atoms with E-state index in [9.17, 15) is 9.59 Å². The number of hydrogen-bond acceptors (Lipinski definition) is 5. The van der Waals surface area contributed by atoms with Gasteiger partial charge in [0.25, 0.3) is 5.91 Å². The van der Waals surface area contributed by atoms with Crippen molar-refractivity contribution in [1.82, 2.24) is 14.7 Å². The van der Waals surface area contributed by atoms with Gasteiger partial charge in [0.15, 0.2) is 6.61 Å². The molecule has 2 aromatic rings. The number of nitrogens with one attached hydrogen (secondary N) is 2. The Morgan fingerprint density at radius 2 is 2.33 bits per heavy atom. The van der Waals surface area contributed by atoms with Crippen molar-refractivity contribution in [3.8, 4) is 5.75 Å². The van der Waals surface area contributed by atoms with Crippen molar-refractivity contribution in [2.45, 2.75) is 19.1 Å². The van der Waals surface area contributed by atoms with Crippen LogP contribution in [0, 0.1) is 0 Å². The molecule has 0 saturated carbocycles. The Labute approximate surface area is 156 Å². The molecule has 1 atom stereocenters. The van der Waals surface area contributed by atoms with E-state index in [1.807, 2.05) is 12.3 Å². The van der Waals surface area contributed by atoms with Gasteiger partial charge in [-0.05, 0) is 24.6 Å². The van der Waals surface area contributed by atoms with Crippen LogP contribution in [0.25, 0.3) is 0 Å². The summed E-state index contributed by atoms with van der Waals surface area (Å²) in [5.41, 5.74) is 1.22. The summed E-state index contributed by atoms with van der Waals surface area (Å²) in [5.74, 6) is 0.357. The third-order valence-corrected chi connectivity index (χ3v) is 4.45. The van der Waals surface area contributed by atoms with E-state index in [1.54, 1.807) is 34.0 Å². The normalized spacial score (nSPS) is 19.5. The first-order valence-corrected chi connectivity index (χ1v) is 8.89. The lowest BCUT2D eigenvalue weighted by molar-refractivity contribution is -0.118. The van der Waals surface area contributed by atoms with Crippen molar-refractivity contribution in [2.24, 2.45) is 0 Å². The summed E-state index contributed by atoms with van der Waals surface area (Å²) in [4.78, 5) is 25.8. The average molecular weight is 371 g/mol. The van der Waals surface area contributed by atoms with Crippen LogP contribution in [0.5, 0.6) is 5.75 Å². The van der Waals surface area contributed by atoms with Crippen LogP contribution >= 0.6 is 0 Å². The van der Waals surface area contributed by atoms with Crippen molar-refractivity contribution in [3.05, 3.63) is 36.7 Å². The molecule has 3 amide bonds. The van der Waals surface area contributed by atoms with Gasteiger partial charge in [-0.3, -0.25) is 9.48 Å². The Morgan fingerprint density at radius 1 is 1.41 bits per heavy atom. The number of fused-ring (bicyclic) bond motifs is 1. The average Bonchev–Trinajstić information content (AvgIpc) is 3.05. The molecule has 0 aliphatic carbocycles. The molecule has 0 bridgehead atoms. The lowest BCUT2D eigenvalue weighted by atomic mass is 10.2. The Kier molecular flexibility index (Phi) is 4.93. The highest BCUT2D eigenvalue weighted by Crippen LogP contribution is 2.30. The molecule has 0 unspecified atom stereocenters. The molecule has 3 heterocycles. The van der Waals surface area contributed by atoms with Crippen LogP contribution in [0.1, 0.15) is 6.42 Å². The fourth-order valence-corrected chi connectivity index (χ4v) is 3.16. The first-order chi connectivity index (χ1) is 13.2. The number of amides is 3. The van der Waals surface area contributed by atoms with E-state index in [-0.39, 0.29) is 24.6 Å². The number of nitrogens with zero attached hydrogens (tertiary/aromatic N) is 3. The minimum Gasteiger partial charge on any atom is -0.482 e. The van der Waals surface area contributed by atoms with Crippen LogP contribution in [0.3, 0.4) is 0 Å². The standard InChI is InChI=1S/C18H21N5O4/c24-17-12-27-16-9-13(3-4-15(16)21-17)20-18(25)22-6-2-8-26-14(10-22)11-23-7-1-5-19-23/h1,3-5,7,9,14H,2,6,8,10-12H2,(H,20,25)(H,21,24)/t14-/m0/s1. The molecule has 1 aromatic carbocycles. The zero-order chi connectivity index (χ0) is 18.6. The van der Waals surface area contributed by atoms with Gasteiger partial charge in [-0.15, -0.1) is 0 Å². The van der Waals surface area contributed by atoms with Gasteiger partial charge in [-0.2, -0.15) is 5.10 Å². The molecule has 1 aromatic heterocycles. The summed E-state index contributed by atoms with van der Waals surface area (Å²) in [6.07, 6.45) is 4.27. The maximum Gasteiger partial charge on any atom is 0.321 e. The summed E-state index contributed by atoms with van der Waals surface area (Å²) >= 11 is 0. The molecule has 9 nitrogen and oxygen atoms in total. The minimum absolute atomic E-state index is 0.0248. The second-order valence-corrected chi connectivity index (χ2v) is 6.50. The lowest BCUT2D eigenvalue weighted by Crippen LogP contribution is -2.41. The van der Waals surface area contributed by atoms with Crippen LogP contribution < -0.4 is 15.4 Å². The first kappa shape index (κ1) is 17.3. The van der Waals surface area contributed by atoms with E-state index in [0.717, 1.165) is 6.42 Å². The Hall–Kier alpha value is -3.07. The second kappa shape index (κ2) is 7.67. The maximum absolute atomic E-state index is 12.7. The molecule has 0 spiro atoms. The number of aromatic nitrogens is 2. The first-order valence-electron chi connectivity index (χ1n) is 8.89. The maximum atomic E-state index is 12.7. The Morgan fingerprint density at radius 3 is 3.19 bits per heavy atom. The van der Waals surface area contributed by atoms with E-state index in [1.165, 1.54) is 0 Å². The summed E-state index contributed by atoms with van der Waals surface area (Å²) in [6.45, 7) is 2.30. The Bertz CT molecular complexity index is 823. The molecule has 2 aliphatic heterocycles. The molecular formula is C18H21N5O4. The SMILES string of the molecule is O=C1COc2cc(NC(=O)N3CCCO[C@H](Cn4cccn4)C3)ccc2N1. The van der Waals surface area contributed by atoms with Gasteiger partial charge in [-0.25, -0.2) is 4.79 Å². The Balaban J connectivity index is 1.40. The van der Waals surface area contributed by atoms with Crippen LogP contribution in [0.2, 0.25) is 0 Å². The molecular weight excluding hydrogens is 350 g/mol. The highest BCUT2D eigenvalue weighted by molar-refractivity contribution is 5.96. The number of rotatable bonds is 3. The van der Waals surface area contributed by atoms with Gasteiger partial charge in [-0.1, -0.05) is 0 Å². The summed E-state index contributed by atoms with van der Waals surface area (Å²) in [5, 5.41) is 9.82. The number of carbonyl (C=O) groups is 2. The van der Waals surface area contributed by atoms with Gasteiger partial charge in [0.1, 0.15) is 5.75 Å². The molecule has 0 radical (unpaired) electrons. The topological polar surface area (TPSA) is 97.7 Å². The number of ether oxygens (including phenoxy) is 2. The summed E-state index contributed by atoms with van der Waals surface area (Å²) in [6, 6.07) is 6.84. The van der Waals surface area contributed by atoms with Gasteiger partial charge in [0.2, 0.25) is 0 Å². The predicted molar refractivity (Wildman–Crippen MR) is 97.7 cm³/mol. The molecule has 4 rings (SSSR count). The largest absolute Gasteiger partial charge is 0.482 e. The number of benzene rings is 1. The summed E-state index contributed by atoms with van der Waals surface area (Å²) in [7, 11) is 0. The van der Waals surface area contributed by atoms with Gasteiger partial charge in [0, 0.05) is 37.3 Å². The molecule has 27 heavy (non-hydrogen) atoms. The van der Waals surface area contributed by atoms with Crippen molar-refractivity contribution in [1.29, 1.82) is 0 Å². The second-order valence-electron chi connectivity index (χ2n) is 6.50. The highest BCUT2D eigenvalue weighted by atomic mass is 16.5. The molecule has 9 heteroatoms. The third-order valence-electron chi connectivity index (χ3n) is 4.45. The van der Waals surface area contributed by atoms with E-state index in [2.05, 4.69) is 15.7 Å². The van der Waals surface area contributed by atoms with Gasteiger partial charge >= 0.3 is 6.03 Å². The van der Waals surface area contributed by atoms with E-state index in [0.29, 0.717) is 43.4 Å². The number of urea groups is 1. The smallest absolute Gasteiger partial charge is 0.321 e. The monoisotopic (exact) mass is 371 g/mol. The third kappa shape index (κ3) is 4.20. The van der Waals surface area contributed by atoms with E-state index >= 15 is 0 Å². The predicted octanol–water partition coefficient (Wildman–Crippen LogP) is 1.54. The molecule has 2 aliphatic rings. The minimum atomic E-state index is -0.189. The van der Waals surface area contributed by atoms with Crippen molar-refractivity contribution < 1.29 is 19.1 Å². The van der Waals surface area contributed by atoms with E-state index < -0.39 is 0 Å². The number of hydrogen-bond donors (Lipinski definition) is 2. The fraction of sp³-hybridized carbons (Fsp3) is 0.389. The van der Waals surface area contributed by atoms with Crippen molar-refractivity contribution in [2.75, 3.05) is 36.9 Å². The molecule has 142 valence electrons. The van der Waals surface area contributed by atoms with Crippen LogP contribution in [0.4, 0.5) is 16.2 Å². The molecule has 1 saturated heterocycles. The highest BCUT2D eigenvalue weighted by Gasteiger charge is 2.24. The summed E-state index contributed by atoms with van der Waals surface area (Å²) < 4.78 is 13.0. The van der Waals surface area contributed by atoms with Crippen molar-refractivity contribution in [3.63, 3.8) is 0 Å². The molecule has 1 fully saturated rings. The number of carbonyl (C=O) groups excluding carboxylic acids is 2. The lowest BCUT2D eigenvalue weighted by Gasteiger charge is -2.25. The molecule has 2 N–H and O–H groups in total. The van der Waals surface area contributed by atoms with Crippen LogP contribution in [-0.4, -0.2) is 59.0 Å². The van der Waals surface area contributed by atoms with E-state index in [4.69, 9.17) is 9.47 Å². The van der Waals surface area contributed by atoms with Gasteiger partial charge < -0.3 is 25.0 Å². The number of anilines is 2. The zero-order valence-electron chi connectivity index (χ0n) is 14.8.